The van der Waals surface area contributed by atoms with E-state index in [9.17, 15) is 18.0 Å². The van der Waals surface area contributed by atoms with Crippen LogP contribution in [0.3, 0.4) is 0 Å². The van der Waals surface area contributed by atoms with Gasteiger partial charge in [0.25, 0.3) is 10.0 Å². The predicted octanol–water partition coefficient (Wildman–Crippen LogP) is 3.85. The van der Waals surface area contributed by atoms with Gasteiger partial charge in [0.05, 0.1) is 4.90 Å². The Hall–Kier alpha value is -3.85. The number of rotatable bonds is 10. The van der Waals surface area contributed by atoms with E-state index in [-0.39, 0.29) is 35.2 Å². The molecule has 8 nitrogen and oxygen atoms in total. The molecule has 32 heavy (non-hydrogen) atoms. The second-order valence-corrected chi connectivity index (χ2v) is 8.39. The van der Waals surface area contributed by atoms with Gasteiger partial charge >= 0.3 is 5.97 Å². The van der Waals surface area contributed by atoms with Crippen molar-refractivity contribution in [3.8, 4) is 11.5 Å². The maximum absolute atomic E-state index is 12.5. The summed E-state index contributed by atoms with van der Waals surface area (Å²) in [5.74, 6) is -0.470. The van der Waals surface area contributed by atoms with Gasteiger partial charge in [-0.15, -0.1) is 0 Å². The zero-order valence-corrected chi connectivity index (χ0v) is 18.0. The van der Waals surface area contributed by atoms with Crippen molar-refractivity contribution in [1.82, 2.24) is 0 Å². The topological polar surface area (TPSA) is 119 Å². The molecule has 0 aliphatic carbocycles. The minimum Gasteiger partial charge on any atom is -0.490 e. The number of ether oxygens (including phenoxy) is 2. The SMILES string of the molecule is CC(=O)c1ccc(S(=O)(=O)Nc2ccc(OCCOc3ccccc3C(=O)O)cc2)cc1. The molecule has 0 aliphatic rings. The van der Waals surface area contributed by atoms with Crippen LogP contribution in [0.1, 0.15) is 27.6 Å². The third kappa shape index (κ3) is 5.86. The molecule has 0 amide bonds. The number of para-hydroxylation sites is 1. The summed E-state index contributed by atoms with van der Waals surface area (Å²) >= 11 is 0. The van der Waals surface area contributed by atoms with Gasteiger partial charge in [-0.2, -0.15) is 0 Å². The highest BCUT2D eigenvalue weighted by Crippen LogP contribution is 2.21. The lowest BCUT2D eigenvalue weighted by molar-refractivity contribution is 0.0691. The third-order valence-electron chi connectivity index (χ3n) is 4.40. The molecule has 0 atom stereocenters. The zero-order chi connectivity index (χ0) is 23.1. The molecule has 0 aliphatic heterocycles. The second-order valence-electron chi connectivity index (χ2n) is 6.71. The Kier molecular flexibility index (Phi) is 7.11. The molecule has 0 bridgehead atoms. The van der Waals surface area contributed by atoms with Crippen LogP contribution < -0.4 is 14.2 Å². The van der Waals surface area contributed by atoms with E-state index in [0.29, 0.717) is 17.0 Å². The first-order valence-electron chi connectivity index (χ1n) is 9.58. The molecule has 0 saturated carbocycles. The maximum Gasteiger partial charge on any atom is 0.339 e. The van der Waals surface area contributed by atoms with Crippen LogP contribution in [0, 0.1) is 0 Å². The molecule has 3 aromatic carbocycles. The summed E-state index contributed by atoms with van der Waals surface area (Å²) < 4.78 is 38.5. The molecule has 0 unspecified atom stereocenters. The van der Waals surface area contributed by atoms with Gasteiger partial charge in [-0.1, -0.05) is 24.3 Å². The van der Waals surface area contributed by atoms with E-state index in [1.54, 1.807) is 42.5 Å². The van der Waals surface area contributed by atoms with Crippen LogP contribution >= 0.6 is 0 Å². The predicted molar refractivity (Wildman–Crippen MR) is 118 cm³/mol. The van der Waals surface area contributed by atoms with Crippen LogP contribution in [0.15, 0.2) is 77.7 Å². The van der Waals surface area contributed by atoms with Gasteiger partial charge in [0.1, 0.15) is 30.3 Å². The highest BCUT2D eigenvalue weighted by molar-refractivity contribution is 7.92. The van der Waals surface area contributed by atoms with Crippen molar-refractivity contribution in [2.75, 3.05) is 17.9 Å². The quantitative estimate of drug-likeness (QED) is 0.352. The van der Waals surface area contributed by atoms with Gasteiger partial charge in [-0.25, -0.2) is 13.2 Å². The molecule has 0 heterocycles. The number of Topliss-reactive ketones (excluding diaryl/α,β-unsaturated/α-hetero) is 1. The molecule has 166 valence electrons. The van der Waals surface area contributed by atoms with E-state index in [1.807, 2.05) is 0 Å². The minimum atomic E-state index is -3.80. The van der Waals surface area contributed by atoms with E-state index in [2.05, 4.69) is 4.72 Å². The standard InChI is InChI=1S/C23H21NO7S/c1-16(25)17-6-12-20(13-7-17)32(28,29)24-18-8-10-19(11-9-18)30-14-15-31-22-5-3-2-4-21(22)23(26)27/h2-13,24H,14-15H2,1H3,(H,26,27). The largest absolute Gasteiger partial charge is 0.490 e. The lowest BCUT2D eigenvalue weighted by Crippen LogP contribution is -2.13. The van der Waals surface area contributed by atoms with Crippen LogP contribution in [0.2, 0.25) is 0 Å². The summed E-state index contributed by atoms with van der Waals surface area (Å²) in [6, 6.07) is 18.3. The van der Waals surface area contributed by atoms with Gasteiger partial charge in [0, 0.05) is 11.3 Å². The molecule has 0 aromatic heterocycles. The summed E-state index contributed by atoms with van der Waals surface area (Å²) in [6.07, 6.45) is 0. The molecular formula is C23H21NO7S. The number of benzene rings is 3. The van der Waals surface area contributed by atoms with Crippen LogP contribution in [0.5, 0.6) is 11.5 Å². The first-order chi connectivity index (χ1) is 15.3. The van der Waals surface area contributed by atoms with E-state index in [0.717, 1.165) is 0 Å². The molecule has 2 N–H and O–H groups in total. The van der Waals surface area contributed by atoms with Crippen molar-refractivity contribution in [3.05, 3.63) is 83.9 Å². The number of ketones is 1. The van der Waals surface area contributed by atoms with Crippen LogP contribution in [0.4, 0.5) is 5.69 Å². The lowest BCUT2D eigenvalue weighted by atomic mass is 10.2. The summed E-state index contributed by atoms with van der Waals surface area (Å²) in [5.41, 5.74) is 0.848. The Morgan fingerprint density at radius 1 is 0.875 bits per heavy atom. The number of anilines is 1. The summed E-state index contributed by atoms with van der Waals surface area (Å²) in [6.45, 7) is 1.71. The van der Waals surface area contributed by atoms with Crippen LogP contribution in [-0.2, 0) is 10.0 Å². The Labute approximate surface area is 185 Å². The highest BCUT2D eigenvalue weighted by atomic mass is 32.2. The summed E-state index contributed by atoms with van der Waals surface area (Å²) in [7, 11) is -3.80. The first-order valence-corrected chi connectivity index (χ1v) is 11.1. The Bertz CT molecular complexity index is 1200. The number of sulfonamides is 1. The Balaban J connectivity index is 1.54. The fourth-order valence-electron chi connectivity index (χ4n) is 2.78. The molecule has 0 radical (unpaired) electrons. The van der Waals surface area contributed by atoms with Crippen LogP contribution in [-0.4, -0.2) is 38.5 Å². The first kappa shape index (κ1) is 22.8. The molecular weight excluding hydrogens is 434 g/mol. The van der Waals surface area contributed by atoms with Crippen molar-refractivity contribution < 1.29 is 32.6 Å². The highest BCUT2D eigenvalue weighted by Gasteiger charge is 2.15. The number of hydrogen-bond donors (Lipinski definition) is 2. The number of carboxylic acid groups (broad SMARTS) is 1. The lowest BCUT2D eigenvalue weighted by Gasteiger charge is -2.11. The van der Waals surface area contributed by atoms with Crippen molar-refractivity contribution in [3.63, 3.8) is 0 Å². The molecule has 0 spiro atoms. The van der Waals surface area contributed by atoms with Crippen molar-refractivity contribution in [2.45, 2.75) is 11.8 Å². The van der Waals surface area contributed by atoms with E-state index < -0.39 is 16.0 Å². The number of aromatic carboxylic acids is 1. The van der Waals surface area contributed by atoms with Crippen molar-refractivity contribution in [1.29, 1.82) is 0 Å². The van der Waals surface area contributed by atoms with Gasteiger partial charge in [-0.05, 0) is 55.5 Å². The van der Waals surface area contributed by atoms with Crippen molar-refractivity contribution in [2.24, 2.45) is 0 Å². The van der Waals surface area contributed by atoms with Gasteiger partial charge in [0.2, 0.25) is 0 Å². The average molecular weight is 455 g/mol. The fraction of sp³-hybridized carbons (Fsp3) is 0.130. The van der Waals surface area contributed by atoms with Gasteiger partial charge < -0.3 is 14.6 Å². The summed E-state index contributed by atoms with van der Waals surface area (Å²) in [5, 5.41) is 9.14. The number of carbonyl (C=O) groups excluding carboxylic acids is 1. The molecule has 9 heteroatoms. The molecule has 3 aromatic rings. The fourth-order valence-corrected chi connectivity index (χ4v) is 3.84. The molecule has 0 fully saturated rings. The second kappa shape index (κ2) is 9.97. The Morgan fingerprint density at radius 3 is 2.12 bits per heavy atom. The number of nitrogens with one attached hydrogen (secondary N) is 1. The zero-order valence-electron chi connectivity index (χ0n) is 17.1. The van der Waals surface area contributed by atoms with E-state index in [1.165, 1.54) is 37.3 Å². The van der Waals surface area contributed by atoms with Crippen molar-refractivity contribution >= 4 is 27.5 Å². The summed E-state index contributed by atoms with van der Waals surface area (Å²) in [4.78, 5) is 22.5. The number of hydrogen-bond acceptors (Lipinski definition) is 6. The van der Waals surface area contributed by atoms with E-state index in [4.69, 9.17) is 14.6 Å². The number of carboxylic acids is 1. The molecule has 3 rings (SSSR count). The van der Waals surface area contributed by atoms with Crippen LogP contribution in [0.25, 0.3) is 0 Å². The monoisotopic (exact) mass is 455 g/mol. The molecule has 0 saturated heterocycles. The van der Waals surface area contributed by atoms with Gasteiger partial charge in [0.15, 0.2) is 5.78 Å². The Morgan fingerprint density at radius 2 is 1.50 bits per heavy atom. The maximum atomic E-state index is 12.5. The normalized spacial score (nSPS) is 10.9. The average Bonchev–Trinajstić information content (AvgIpc) is 2.78. The van der Waals surface area contributed by atoms with E-state index >= 15 is 0 Å². The number of carbonyl (C=O) groups is 2. The minimum absolute atomic E-state index is 0.0432. The van der Waals surface area contributed by atoms with Gasteiger partial charge in [-0.3, -0.25) is 9.52 Å². The third-order valence-corrected chi connectivity index (χ3v) is 5.80. The smallest absolute Gasteiger partial charge is 0.339 e.